The lowest BCUT2D eigenvalue weighted by molar-refractivity contribution is -0.138. The molecule has 16 heteroatoms. The molecule has 224 valence electrons. The number of nitrogens with zero attached hydrogens (tertiary/aromatic N) is 2. The molecule has 3 amide bonds. The summed E-state index contributed by atoms with van der Waals surface area (Å²) >= 11 is 0. The Morgan fingerprint density at radius 2 is 1.46 bits per heavy atom. The molecule has 1 aromatic carbocycles. The molecule has 0 saturated carbocycles. The number of carbonyl (C=O) groups is 4. The Hall–Kier alpha value is -4.86. The molecule has 2 aromatic rings. The number of aromatic nitrogens is 1. The number of carbonyl (C=O) groups excluding carboxylic acids is 3. The van der Waals surface area contributed by atoms with Crippen LogP contribution in [0.25, 0.3) is 10.9 Å². The molecule has 0 saturated heterocycles. The van der Waals surface area contributed by atoms with E-state index in [0.29, 0.717) is 12.8 Å². The largest absolute Gasteiger partial charge is 0.480 e. The van der Waals surface area contributed by atoms with Gasteiger partial charge in [0.1, 0.15) is 18.6 Å². The Labute approximate surface area is 236 Å². The molecule has 0 radical (unpaired) electrons. The van der Waals surface area contributed by atoms with E-state index in [1.807, 2.05) is 24.3 Å². The van der Waals surface area contributed by atoms with Crippen LogP contribution < -0.4 is 44.6 Å². The molecule has 15 N–H and O–H groups in total. The van der Waals surface area contributed by atoms with Gasteiger partial charge in [-0.25, -0.2) is 0 Å². The SMILES string of the molecule is NC(N)=NCCCC(N)C(=O)NC(Cc1c[nH]c2ccccc12)C(=O)NC(CCCN=C(N)N)C(=O)NCC(=O)O. The molecule has 1 aromatic heterocycles. The minimum atomic E-state index is -1.25. The Morgan fingerprint density at radius 3 is 2.10 bits per heavy atom. The average molecular weight is 574 g/mol. The Balaban J connectivity index is 2.22. The Morgan fingerprint density at radius 1 is 0.854 bits per heavy atom. The Kier molecular flexibility index (Phi) is 12.9. The summed E-state index contributed by atoms with van der Waals surface area (Å²) in [7, 11) is 0. The van der Waals surface area contributed by atoms with Crippen LogP contribution in [0, 0.1) is 0 Å². The fourth-order valence-corrected chi connectivity index (χ4v) is 3.99. The standard InChI is InChI=1S/C25H39N11O5/c26-16(6-3-9-31-24(27)28)21(39)36-19(11-14-12-33-17-7-2-1-5-15(14)17)23(41)35-18(8-4-10-32-25(29)30)22(40)34-13-20(37)38/h1-2,5,7,12,16,18-19,33H,3-4,6,8-11,13,26H2,(H,34,40)(H,35,41)(H,36,39)(H,37,38)(H4,27,28,31)(H4,29,30,32). The molecule has 0 aliphatic carbocycles. The van der Waals surface area contributed by atoms with Crippen molar-refractivity contribution >= 4 is 46.5 Å². The van der Waals surface area contributed by atoms with E-state index in [0.717, 1.165) is 16.5 Å². The molecule has 41 heavy (non-hydrogen) atoms. The molecule has 0 aliphatic heterocycles. The average Bonchev–Trinajstić information content (AvgIpc) is 3.33. The van der Waals surface area contributed by atoms with E-state index in [4.69, 9.17) is 33.8 Å². The molecule has 3 atom stereocenters. The highest BCUT2D eigenvalue weighted by Gasteiger charge is 2.29. The first-order chi connectivity index (χ1) is 19.5. The van der Waals surface area contributed by atoms with Gasteiger partial charge in [-0.1, -0.05) is 18.2 Å². The van der Waals surface area contributed by atoms with Crippen molar-refractivity contribution in [2.75, 3.05) is 19.6 Å². The smallest absolute Gasteiger partial charge is 0.322 e. The van der Waals surface area contributed by atoms with Gasteiger partial charge in [0.25, 0.3) is 0 Å². The zero-order chi connectivity index (χ0) is 30.4. The number of aliphatic imine (C=N–C) groups is 2. The number of para-hydroxylation sites is 1. The summed E-state index contributed by atoms with van der Waals surface area (Å²) < 4.78 is 0. The van der Waals surface area contributed by atoms with Gasteiger partial charge in [-0.2, -0.15) is 0 Å². The zero-order valence-electron chi connectivity index (χ0n) is 22.6. The number of carboxylic acid groups (broad SMARTS) is 1. The number of hydrogen-bond donors (Lipinski definition) is 10. The van der Waals surface area contributed by atoms with Crippen LogP contribution in [-0.4, -0.2) is 83.5 Å². The summed E-state index contributed by atoms with van der Waals surface area (Å²) in [6, 6.07) is 4.27. The fourth-order valence-electron chi connectivity index (χ4n) is 3.99. The second-order valence-electron chi connectivity index (χ2n) is 9.30. The van der Waals surface area contributed by atoms with E-state index in [2.05, 4.69) is 30.9 Å². The maximum absolute atomic E-state index is 13.5. The van der Waals surface area contributed by atoms with Gasteiger partial charge in [0.2, 0.25) is 17.7 Å². The molecular formula is C25H39N11O5. The molecule has 0 aliphatic rings. The van der Waals surface area contributed by atoms with Crippen molar-refractivity contribution in [2.45, 2.75) is 50.2 Å². The third-order valence-corrected chi connectivity index (χ3v) is 6.03. The summed E-state index contributed by atoms with van der Waals surface area (Å²) in [6.07, 6.45) is 2.93. The molecule has 1 heterocycles. The monoisotopic (exact) mass is 573 g/mol. The lowest BCUT2D eigenvalue weighted by atomic mass is 10.0. The number of rotatable bonds is 17. The van der Waals surface area contributed by atoms with Gasteiger partial charge in [0.05, 0.1) is 6.04 Å². The van der Waals surface area contributed by atoms with Crippen LogP contribution in [-0.2, 0) is 25.6 Å². The lowest BCUT2D eigenvalue weighted by Crippen LogP contribution is -2.56. The van der Waals surface area contributed by atoms with E-state index in [1.54, 1.807) is 6.20 Å². The van der Waals surface area contributed by atoms with Crippen LogP contribution in [0.1, 0.15) is 31.2 Å². The van der Waals surface area contributed by atoms with E-state index >= 15 is 0 Å². The molecule has 0 spiro atoms. The highest BCUT2D eigenvalue weighted by molar-refractivity contribution is 5.94. The predicted molar refractivity (Wildman–Crippen MR) is 154 cm³/mol. The maximum atomic E-state index is 13.5. The number of amides is 3. The first-order valence-corrected chi connectivity index (χ1v) is 13.0. The summed E-state index contributed by atoms with van der Waals surface area (Å²) in [5, 5.41) is 17.4. The minimum absolute atomic E-state index is 0.0706. The number of carboxylic acids is 1. The van der Waals surface area contributed by atoms with Crippen LogP contribution in [0.5, 0.6) is 0 Å². The van der Waals surface area contributed by atoms with Crippen molar-refractivity contribution in [2.24, 2.45) is 38.7 Å². The van der Waals surface area contributed by atoms with E-state index < -0.39 is 48.4 Å². The third-order valence-electron chi connectivity index (χ3n) is 6.03. The summed E-state index contributed by atoms with van der Waals surface area (Å²) in [6.45, 7) is -0.163. The highest BCUT2D eigenvalue weighted by atomic mass is 16.4. The van der Waals surface area contributed by atoms with Crippen molar-refractivity contribution in [1.29, 1.82) is 0 Å². The number of fused-ring (bicyclic) bond motifs is 1. The molecule has 0 bridgehead atoms. The van der Waals surface area contributed by atoms with Gasteiger partial charge in [0.15, 0.2) is 11.9 Å². The van der Waals surface area contributed by atoms with Crippen molar-refractivity contribution in [1.82, 2.24) is 20.9 Å². The van der Waals surface area contributed by atoms with Gasteiger partial charge in [-0.15, -0.1) is 0 Å². The topological polar surface area (TPSA) is 295 Å². The predicted octanol–water partition coefficient (Wildman–Crippen LogP) is -2.68. The van der Waals surface area contributed by atoms with Gasteiger partial charge in [0, 0.05) is 36.6 Å². The lowest BCUT2D eigenvalue weighted by Gasteiger charge is -2.24. The zero-order valence-corrected chi connectivity index (χ0v) is 22.6. The number of aromatic amines is 1. The second kappa shape index (κ2) is 16.3. The van der Waals surface area contributed by atoms with E-state index in [9.17, 15) is 19.2 Å². The molecule has 3 unspecified atom stereocenters. The molecule has 2 rings (SSSR count). The van der Waals surface area contributed by atoms with Crippen LogP contribution >= 0.6 is 0 Å². The summed E-state index contributed by atoms with van der Waals surface area (Å²) in [5.41, 5.74) is 29.0. The van der Waals surface area contributed by atoms with Gasteiger partial charge in [-0.05, 0) is 37.3 Å². The van der Waals surface area contributed by atoms with Crippen LogP contribution in [0.15, 0.2) is 40.4 Å². The summed E-state index contributed by atoms with van der Waals surface area (Å²) in [5.74, 6) is -3.39. The first kappa shape index (κ1) is 32.4. The van der Waals surface area contributed by atoms with Gasteiger partial charge < -0.3 is 54.7 Å². The first-order valence-electron chi connectivity index (χ1n) is 13.0. The minimum Gasteiger partial charge on any atom is -0.480 e. The number of aliphatic carboxylic acids is 1. The number of nitrogens with one attached hydrogen (secondary N) is 4. The number of benzene rings is 1. The summed E-state index contributed by atoms with van der Waals surface area (Å²) in [4.78, 5) is 61.0. The maximum Gasteiger partial charge on any atom is 0.322 e. The number of H-pyrrole nitrogens is 1. The number of nitrogens with two attached hydrogens (primary N) is 5. The second-order valence-corrected chi connectivity index (χ2v) is 9.30. The van der Waals surface area contributed by atoms with Crippen molar-refractivity contribution < 1.29 is 24.3 Å². The third kappa shape index (κ3) is 11.4. The normalized spacial score (nSPS) is 12.9. The van der Waals surface area contributed by atoms with Gasteiger partial charge >= 0.3 is 5.97 Å². The molecule has 16 nitrogen and oxygen atoms in total. The van der Waals surface area contributed by atoms with Crippen LogP contribution in [0.3, 0.4) is 0 Å². The highest BCUT2D eigenvalue weighted by Crippen LogP contribution is 2.19. The molecular weight excluding hydrogens is 534 g/mol. The van der Waals surface area contributed by atoms with E-state index in [1.165, 1.54) is 0 Å². The van der Waals surface area contributed by atoms with Crippen molar-refractivity contribution in [3.8, 4) is 0 Å². The van der Waals surface area contributed by atoms with Gasteiger partial charge in [-0.3, -0.25) is 29.2 Å². The van der Waals surface area contributed by atoms with Crippen LogP contribution in [0.2, 0.25) is 0 Å². The van der Waals surface area contributed by atoms with Crippen molar-refractivity contribution in [3.05, 3.63) is 36.0 Å². The Bertz CT molecular complexity index is 1250. The quantitative estimate of drug-likeness (QED) is 0.0531. The molecule has 0 fully saturated rings. The van der Waals surface area contributed by atoms with Crippen LogP contribution in [0.4, 0.5) is 0 Å². The fraction of sp³-hybridized carbons (Fsp3) is 0.440. The number of hydrogen-bond acceptors (Lipinski definition) is 7. The van der Waals surface area contributed by atoms with E-state index in [-0.39, 0.29) is 44.3 Å². The van der Waals surface area contributed by atoms with Crippen molar-refractivity contribution in [3.63, 3.8) is 0 Å². The number of guanidine groups is 2.